The number of hydrogen-bond donors (Lipinski definition) is 1. The third kappa shape index (κ3) is 5.59. The van der Waals surface area contributed by atoms with Gasteiger partial charge in [0, 0.05) is 23.8 Å². The van der Waals surface area contributed by atoms with Gasteiger partial charge in [0.15, 0.2) is 6.61 Å². The molecule has 1 fully saturated rings. The summed E-state index contributed by atoms with van der Waals surface area (Å²) in [6.07, 6.45) is 2.04. The summed E-state index contributed by atoms with van der Waals surface area (Å²) in [5, 5.41) is 3.49. The Morgan fingerprint density at radius 2 is 1.50 bits per heavy atom. The lowest BCUT2D eigenvalue weighted by molar-refractivity contribution is -0.132. The quantitative estimate of drug-likeness (QED) is 0.524. The van der Waals surface area contributed by atoms with Crippen molar-refractivity contribution in [3.63, 3.8) is 0 Å². The van der Waals surface area contributed by atoms with E-state index in [4.69, 9.17) is 21.1 Å². The molecule has 0 radical (unpaired) electrons. The summed E-state index contributed by atoms with van der Waals surface area (Å²) in [5.41, 5.74) is 0.976. The molecule has 1 saturated heterocycles. The molecule has 0 atom stereocenters. The second-order valence-corrected chi connectivity index (χ2v) is 7.84. The standard InChI is InChI=1S/C25H23ClN2O4/c26-18-7-11-20(12-8-18)32-21-13-9-19(10-14-21)27-25(30)22-5-1-2-6-23(22)31-17-24(29)28-15-3-4-16-28/h1-2,5-14H,3-4,15-17H2,(H,27,30). The average molecular weight is 451 g/mol. The van der Waals surface area contributed by atoms with Gasteiger partial charge < -0.3 is 19.7 Å². The summed E-state index contributed by atoms with van der Waals surface area (Å²) in [6.45, 7) is 1.45. The first-order chi connectivity index (χ1) is 15.6. The number of nitrogens with zero attached hydrogens (tertiary/aromatic N) is 1. The Morgan fingerprint density at radius 3 is 2.19 bits per heavy atom. The Balaban J connectivity index is 1.37. The molecular formula is C25H23ClN2O4. The van der Waals surface area contributed by atoms with Crippen LogP contribution in [0.4, 0.5) is 5.69 Å². The number of halogens is 1. The minimum Gasteiger partial charge on any atom is -0.483 e. The van der Waals surface area contributed by atoms with Crippen LogP contribution in [0.3, 0.4) is 0 Å². The van der Waals surface area contributed by atoms with Crippen LogP contribution >= 0.6 is 11.6 Å². The van der Waals surface area contributed by atoms with E-state index in [1.54, 1.807) is 77.7 Å². The molecule has 3 aromatic carbocycles. The third-order valence-electron chi connectivity index (χ3n) is 5.10. The zero-order chi connectivity index (χ0) is 22.3. The summed E-state index contributed by atoms with van der Waals surface area (Å²) in [4.78, 5) is 26.9. The SMILES string of the molecule is O=C(Nc1ccc(Oc2ccc(Cl)cc2)cc1)c1ccccc1OCC(=O)N1CCCC1. The van der Waals surface area contributed by atoms with Crippen molar-refractivity contribution in [1.82, 2.24) is 4.90 Å². The van der Waals surface area contributed by atoms with Crippen LogP contribution in [0.25, 0.3) is 0 Å². The Kier molecular flexibility index (Phi) is 6.92. The predicted molar refractivity (Wildman–Crippen MR) is 124 cm³/mol. The molecule has 1 heterocycles. The van der Waals surface area contributed by atoms with Crippen molar-refractivity contribution >= 4 is 29.1 Å². The molecule has 32 heavy (non-hydrogen) atoms. The number of carbonyl (C=O) groups excluding carboxylic acids is 2. The van der Waals surface area contributed by atoms with Crippen molar-refractivity contribution in [2.45, 2.75) is 12.8 Å². The number of benzene rings is 3. The highest BCUT2D eigenvalue weighted by molar-refractivity contribution is 6.30. The molecule has 0 bridgehead atoms. The van der Waals surface area contributed by atoms with Crippen LogP contribution < -0.4 is 14.8 Å². The second kappa shape index (κ2) is 10.2. The number of rotatable bonds is 7. The van der Waals surface area contributed by atoms with E-state index >= 15 is 0 Å². The zero-order valence-electron chi connectivity index (χ0n) is 17.4. The number of hydrogen-bond acceptors (Lipinski definition) is 4. The van der Waals surface area contributed by atoms with Gasteiger partial charge in [-0.3, -0.25) is 9.59 Å². The predicted octanol–water partition coefficient (Wildman–Crippen LogP) is 5.39. The first-order valence-corrected chi connectivity index (χ1v) is 10.8. The lowest BCUT2D eigenvalue weighted by Gasteiger charge is -2.16. The molecule has 0 unspecified atom stereocenters. The molecule has 1 aliphatic rings. The molecule has 7 heteroatoms. The minimum absolute atomic E-state index is 0.0611. The van der Waals surface area contributed by atoms with Gasteiger partial charge in [-0.1, -0.05) is 23.7 Å². The fraction of sp³-hybridized carbons (Fsp3) is 0.200. The number of carbonyl (C=O) groups is 2. The van der Waals surface area contributed by atoms with E-state index in [1.807, 2.05) is 0 Å². The molecule has 1 N–H and O–H groups in total. The maximum absolute atomic E-state index is 12.8. The monoisotopic (exact) mass is 450 g/mol. The number of nitrogens with one attached hydrogen (secondary N) is 1. The van der Waals surface area contributed by atoms with Gasteiger partial charge in [-0.2, -0.15) is 0 Å². The molecular weight excluding hydrogens is 428 g/mol. The van der Waals surface area contributed by atoms with Gasteiger partial charge in [0.25, 0.3) is 11.8 Å². The Labute approximate surface area is 191 Å². The maximum atomic E-state index is 12.8. The number of ether oxygens (including phenoxy) is 2. The smallest absolute Gasteiger partial charge is 0.260 e. The van der Waals surface area contributed by atoms with E-state index in [1.165, 1.54) is 0 Å². The van der Waals surface area contributed by atoms with E-state index in [0.717, 1.165) is 25.9 Å². The number of likely N-dealkylation sites (tertiary alicyclic amines) is 1. The number of anilines is 1. The van der Waals surface area contributed by atoms with Gasteiger partial charge in [0.1, 0.15) is 17.2 Å². The lowest BCUT2D eigenvalue weighted by Crippen LogP contribution is -2.32. The molecule has 1 aliphatic heterocycles. The molecule has 0 saturated carbocycles. The van der Waals surface area contributed by atoms with Crippen LogP contribution in [-0.2, 0) is 4.79 Å². The molecule has 0 spiro atoms. The van der Waals surface area contributed by atoms with Crippen molar-refractivity contribution in [1.29, 1.82) is 0 Å². The molecule has 0 aliphatic carbocycles. The van der Waals surface area contributed by atoms with Crippen molar-refractivity contribution in [2.24, 2.45) is 0 Å². The van der Waals surface area contributed by atoms with E-state index in [9.17, 15) is 9.59 Å². The van der Waals surface area contributed by atoms with E-state index < -0.39 is 0 Å². The van der Waals surface area contributed by atoms with Crippen LogP contribution in [-0.4, -0.2) is 36.4 Å². The maximum Gasteiger partial charge on any atom is 0.260 e. The van der Waals surface area contributed by atoms with Crippen molar-refractivity contribution in [3.8, 4) is 17.2 Å². The Hall–Kier alpha value is -3.51. The van der Waals surface area contributed by atoms with Crippen LogP contribution in [0.2, 0.25) is 5.02 Å². The van der Waals surface area contributed by atoms with Crippen LogP contribution in [0.1, 0.15) is 23.2 Å². The number of para-hydroxylation sites is 1. The highest BCUT2D eigenvalue weighted by Gasteiger charge is 2.19. The van der Waals surface area contributed by atoms with Crippen molar-refractivity contribution < 1.29 is 19.1 Å². The van der Waals surface area contributed by atoms with Gasteiger partial charge in [0.05, 0.1) is 5.56 Å². The van der Waals surface area contributed by atoms with Crippen molar-refractivity contribution in [2.75, 3.05) is 25.0 Å². The third-order valence-corrected chi connectivity index (χ3v) is 5.36. The summed E-state index contributed by atoms with van der Waals surface area (Å²) in [7, 11) is 0. The number of amides is 2. The van der Waals surface area contributed by atoms with Gasteiger partial charge >= 0.3 is 0 Å². The lowest BCUT2D eigenvalue weighted by atomic mass is 10.2. The molecule has 6 nitrogen and oxygen atoms in total. The summed E-state index contributed by atoms with van der Waals surface area (Å²) in [6, 6.07) is 21.0. The topological polar surface area (TPSA) is 67.9 Å². The van der Waals surface area contributed by atoms with Gasteiger partial charge in [0.2, 0.25) is 0 Å². The first kappa shape index (κ1) is 21.7. The largest absolute Gasteiger partial charge is 0.483 e. The van der Waals surface area contributed by atoms with E-state index in [-0.39, 0.29) is 18.4 Å². The summed E-state index contributed by atoms with van der Waals surface area (Å²) < 4.78 is 11.4. The van der Waals surface area contributed by atoms with E-state index in [2.05, 4.69) is 5.32 Å². The molecule has 2 amide bonds. The van der Waals surface area contributed by atoms with E-state index in [0.29, 0.717) is 33.5 Å². The zero-order valence-corrected chi connectivity index (χ0v) is 18.2. The molecule has 3 aromatic rings. The Morgan fingerprint density at radius 1 is 0.875 bits per heavy atom. The highest BCUT2D eigenvalue weighted by atomic mass is 35.5. The molecule has 4 rings (SSSR count). The fourth-order valence-corrected chi connectivity index (χ4v) is 3.55. The average Bonchev–Trinajstić information content (AvgIpc) is 3.36. The second-order valence-electron chi connectivity index (χ2n) is 7.41. The van der Waals surface area contributed by atoms with Crippen molar-refractivity contribution in [3.05, 3.63) is 83.4 Å². The molecule has 0 aromatic heterocycles. The van der Waals surface area contributed by atoms with Crippen LogP contribution in [0.15, 0.2) is 72.8 Å². The summed E-state index contributed by atoms with van der Waals surface area (Å²) in [5.74, 6) is 1.30. The first-order valence-electron chi connectivity index (χ1n) is 10.4. The highest BCUT2D eigenvalue weighted by Crippen LogP contribution is 2.25. The summed E-state index contributed by atoms with van der Waals surface area (Å²) >= 11 is 5.89. The van der Waals surface area contributed by atoms with Gasteiger partial charge in [-0.25, -0.2) is 0 Å². The van der Waals surface area contributed by atoms with Crippen LogP contribution in [0.5, 0.6) is 17.2 Å². The Bertz CT molecular complexity index is 1080. The fourth-order valence-electron chi connectivity index (χ4n) is 3.42. The normalized spacial score (nSPS) is 13.0. The van der Waals surface area contributed by atoms with Crippen LogP contribution in [0, 0.1) is 0 Å². The van der Waals surface area contributed by atoms with Gasteiger partial charge in [-0.05, 0) is 73.5 Å². The minimum atomic E-state index is -0.319. The van der Waals surface area contributed by atoms with Gasteiger partial charge in [-0.15, -0.1) is 0 Å². The molecule has 164 valence electrons.